The van der Waals surface area contributed by atoms with Gasteiger partial charge in [0.1, 0.15) is 5.82 Å². The number of rotatable bonds is 3. The number of para-hydroxylation sites is 2. The number of carbonyl (C=O) groups excluding carboxylic acids is 1. The van der Waals surface area contributed by atoms with Crippen LogP contribution in [-0.2, 0) is 18.4 Å². The summed E-state index contributed by atoms with van der Waals surface area (Å²) in [6.45, 7) is 2.30. The first kappa shape index (κ1) is 19.3. The Morgan fingerprint density at radius 3 is 2.73 bits per heavy atom. The summed E-state index contributed by atoms with van der Waals surface area (Å²) in [7, 11) is 2.05. The van der Waals surface area contributed by atoms with Gasteiger partial charge in [-0.1, -0.05) is 42.5 Å². The van der Waals surface area contributed by atoms with Gasteiger partial charge in [-0.3, -0.25) is 9.69 Å². The van der Waals surface area contributed by atoms with E-state index in [4.69, 9.17) is 4.98 Å². The Kier molecular flexibility index (Phi) is 4.83. The fourth-order valence-electron chi connectivity index (χ4n) is 5.22. The lowest BCUT2D eigenvalue weighted by Gasteiger charge is -2.47. The van der Waals surface area contributed by atoms with Crippen LogP contribution in [0.4, 0.5) is 0 Å². The van der Waals surface area contributed by atoms with Crippen molar-refractivity contribution in [2.45, 2.75) is 38.0 Å². The van der Waals surface area contributed by atoms with Crippen LogP contribution in [0.2, 0.25) is 0 Å². The van der Waals surface area contributed by atoms with E-state index in [1.807, 2.05) is 55.6 Å². The Morgan fingerprint density at radius 2 is 1.93 bits per heavy atom. The van der Waals surface area contributed by atoms with Crippen LogP contribution in [-0.4, -0.2) is 44.7 Å². The summed E-state index contributed by atoms with van der Waals surface area (Å²) < 4.78 is 2.14. The summed E-state index contributed by atoms with van der Waals surface area (Å²) in [5.74, 6) is 1.07. The third-order valence-electron chi connectivity index (χ3n) is 6.81. The molecule has 0 unspecified atom stereocenters. The first-order valence-corrected chi connectivity index (χ1v) is 10.7. The van der Waals surface area contributed by atoms with E-state index in [1.54, 1.807) is 0 Å². The predicted molar refractivity (Wildman–Crippen MR) is 116 cm³/mol. The third kappa shape index (κ3) is 3.30. The van der Waals surface area contributed by atoms with Gasteiger partial charge in [0.25, 0.3) is 0 Å². The average Bonchev–Trinajstić information content (AvgIpc) is 3.07. The summed E-state index contributed by atoms with van der Waals surface area (Å²) >= 11 is 0. The van der Waals surface area contributed by atoms with Gasteiger partial charge in [0.2, 0.25) is 5.91 Å². The third-order valence-corrected chi connectivity index (χ3v) is 6.81. The molecule has 156 valence electrons. The number of amides is 1. The molecule has 1 aromatic heterocycles. The van der Waals surface area contributed by atoms with Gasteiger partial charge in [-0.05, 0) is 43.5 Å². The van der Waals surface area contributed by atoms with Crippen molar-refractivity contribution in [3.05, 3.63) is 66.0 Å². The normalized spacial score (nSPS) is 27.5. The molecule has 0 aliphatic carbocycles. The second kappa shape index (κ2) is 7.52. The number of hydrogen-bond donors (Lipinski definition) is 2. The second-order valence-electron chi connectivity index (χ2n) is 8.80. The van der Waals surface area contributed by atoms with E-state index in [0.717, 1.165) is 41.8 Å². The number of piperidine rings is 2. The first-order chi connectivity index (χ1) is 14.6. The summed E-state index contributed by atoms with van der Waals surface area (Å²) in [6, 6.07) is 17.6. The Labute approximate surface area is 176 Å². The quantitative estimate of drug-likeness (QED) is 0.704. The molecule has 3 aromatic rings. The standard InChI is InChI=1S/C24H28N4O2/c1-27-19-11-6-5-10-18(19)25-21(27)15-28-13-7-12-24(16-28)14-20(29)22(26-23(24)30)17-8-3-2-4-9-17/h2-6,8-11,20,22,29H,7,12-16H2,1H3,(H,26,30)/t20-,22+,24+/m1/s1. The van der Waals surface area contributed by atoms with Crippen LogP contribution in [0.5, 0.6) is 0 Å². The maximum atomic E-state index is 13.2. The van der Waals surface area contributed by atoms with Crippen LogP contribution in [0.25, 0.3) is 11.0 Å². The molecule has 2 saturated heterocycles. The average molecular weight is 405 g/mol. The van der Waals surface area contributed by atoms with Crippen molar-refractivity contribution in [3.8, 4) is 0 Å². The Bertz CT molecular complexity index is 1060. The van der Waals surface area contributed by atoms with Crippen molar-refractivity contribution in [3.63, 3.8) is 0 Å². The van der Waals surface area contributed by atoms with Gasteiger partial charge in [-0.2, -0.15) is 0 Å². The largest absolute Gasteiger partial charge is 0.391 e. The molecule has 1 spiro atoms. The fraction of sp³-hybridized carbons (Fsp3) is 0.417. The molecular weight excluding hydrogens is 376 g/mol. The van der Waals surface area contributed by atoms with E-state index in [-0.39, 0.29) is 11.9 Å². The molecule has 5 rings (SSSR count). The van der Waals surface area contributed by atoms with Crippen molar-refractivity contribution in [1.29, 1.82) is 0 Å². The molecule has 6 heteroatoms. The Morgan fingerprint density at radius 1 is 1.17 bits per heavy atom. The summed E-state index contributed by atoms with van der Waals surface area (Å²) in [6.07, 6.45) is 1.68. The SMILES string of the molecule is Cn1c(CN2CCC[C@]3(C[C@@H](O)[C@H](c4ccccc4)NC3=O)C2)nc2ccccc21. The highest BCUT2D eigenvalue weighted by Crippen LogP contribution is 2.41. The molecule has 6 nitrogen and oxygen atoms in total. The van der Waals surface area contributed by atoms with Crippen LogP contribution < -0.4 is 5.32 Å². The molecule has 2 aliphatic heterocycles. The van der Waals surface area contributed by atoms with Crippen molar-refractivity contribution in [2.75, 3.05) is 13.1 Å². The van der Waals surface area contributed by atoms with Gasteiger partial charge in [-0.25, -0.2) is 4.98 Å². The smallest absolute Gasteiger partial charge is 0.228 e. The summed E-state index contributed by atoms with van der Waals surface area (Å²) in [5.41, 5.74) is 2.54. The van der Waals surface area contributed by atoms with E-state index in [1.165, 1.54) is 0 Å². The highest BCUT2D eigenvalue weighted by Gasteiger charge is 2.49. The zero-order valence-electron chi connectivity index (χ0n) is 17.3. The molecule has 2 N–H and O–H groups in total. The molecule has 3 heterocycles. The van der Waals surface area contributed by atoms with Crippen LogP contribution >= 0.6 is 0 Å². The van der Waals surface area contributed by atoms with E-state index in [9.17, 15) is 9.90 Å². The molecular formula is C24H28N4O2. The lowest BCUT2D eigenvalue weighted by Crippen LogP contribution is -2.59. The fourth-order valence-corrected chi connectivity index (χ4v) is 5.22. The van der Waals surface area contributed by atoms with Gasteiger partial charge in [0, 0.05) is 13.6 Å². The number of aliphatic hydroxyl groups excluding tert-OH is 1. The van der Waals surface area contributed by atoms with E-state index in [2.05, 4.69) is 20.9 Å². The first-order valence-electron chi connectivity index (χ1n) is 10.7. The van der Waals surface area contributed by atoms with Gasteiger partial charge < -0.3 is 15.0 Å². The van der Waals surface area contributed by atoms with Crippen LogP contribution in [0.1, 0.15) is 36.7 Å². The monoisotopic (exact) mass is 404 g/mol. The molecule has 2 aromatic carbocycles. The van der Waals surface area contributed by atoms with Gasteiger partial charge in [0.05, 0.1) is 35.1 Å². The second-order valence-corrected chi connectivity index (χ2v) is 8.80. The number of imidazole rings is 1. The number of aliphatic hydroxyl groups is 1. The van der Waals surface area contributed by atoms with E-state index < -0.39 is 11.5 Å². The molecule has 2 fully saturated rings. The topological polar surface area (TPSA) is 70.4 Å². The minimum Gasteiger partial charge on any atom is -0.391 e. The van der Waals surface area contributed by atoms with Crippen molar-refractivity contribution < 1.29 is 9.90 Å². The molecule has 0 bridgehead atoms. The van der Waals surface area contributed by atoms with Gasteiger partial charge >= 0.3 is 0 Å². The maximum Gasteiger partial charge on any atom is 0.228 e. The number of aryl methyl sites for hydroxylation is 1. The van der Waals surface area contributed by atoms with Crippen LogP contribution in [0.3, 0.4) is 0 Å². The molecule has 0 radical (unpaired) electrons. The minimum absolute atomic E-state index is 0.0661. The number of likely N-dealkylation sites (tertiary alicyclic amines) is 1. The van der Waals surface area contributed by atoms with Crippen molar-refractivity contribution >= 4 is 16.9 Å². The van der Waals surface area contributed by atoms with E-state index >= 15 is 0 Å². The summed E-state index contributed by atoms with van der Waals surface area (Å²) in [5, 5.41) is 14.0. The van der Waals surface area contributed by atoms with Crippen molar-refractivity contribution in [2.24, 2.45) is 12.5 Å². The predicted octanol–water partition coefficient (Wildman–Crippen LogP) is 2.78. The van der Waals surface area contributed by atoms with E-state index in [0.29, 0.717) is 19.5 Å². The van der Waals surface area contributed by atoms with Crippen molar-refractivity contribution in [1.82, 2.24) is 19.8 Å². The molecule has 0 saturated carbocycles. The molecule has 30 heavy (non-hydrogen) atoms. The maximum absolute atomic E-state index is 13.2. The lowest BCUT2D eigenvalue weighted by molar-refractivity contribution is -0.145. The Hall–Kier alpha value is -2.70. The zero-order valence-corrected chi connectivity index (χ0v) is 17.3. The minimum atomic E-state index is -0.583. The molecule has 1 amide bonds. The molecule has 2 aliphatic rings. The zero-order chi connectivity index (χ0) is 20.7. The highest BCUT2D eigenvalue weighted by atomic mass is 16.3. The number of nitrogens with one attached hydrogen (secondary N) is 1. The number of hydrogen-bond acceptors (Lipinski definition) is 4. The number of nitrogens with zero attached hydrogens (tertiary/aromatic N) is 3. The lowest BCUT2D eigenvalue weighted by atomic mass is 9.70. The highest BCUT2D eigenvalue weighted by molar-refractivity contribution is 5.84. The number of benzene rings is 2. The molecule has 3 atom stereocenters. The summed E-state index contributed by atoms with van der Waals surface area (Å²) in [4.78, 5) is 20.4. The number of fused-ring (bicyclic) bond motifs is 1. The van der Waals surface area contributed by atoms with Crippen LogP contribution in [0, 0.1) is 5.41 Å². The number of aromatic nitrogens is 2. The van der Waals surface area contributed by atoms with Gasteiger partial charge in [0.15, 0.2) is 0 Å². The Balaban J connectivity index is 1.34. The van der Waals surface area contributed by atoms with Crippen LogP contribution in [0.15, 0.2) is 54.6 Å². The number of carbonyl (C=O) groups is 1. The van der Waals surface area contributed by atoms with Gasteiger partial charge in [-0.15, -0.1) is 0 Å².